The Bertz CT molecular complexity index is 444. The molecule has 2 unspecified atom stereocenters. The fourth-order valence-electron chi connectivity index (χ4n) is 3.41. The highest BCUT2D eigenvalue weighted by Gasteiger charge is 2.26. The van der Waals surface area contributed by atoms with Crippen molar-refractivity contribution in [3.63, 3.8) is 0 Å². The van der Waals surface area contributed by atoms with Crippen molar-refractivity contribution in [2.24, 2.45) is 5.73 Å². The molecule has 2 aliphatic rings. The van der Waals surface area contributed by atoms with E-state index in [1.807, 2.05) is 0 Å². The maximum Gasteiger partial charge on any atom is 0.0465 e. The highest BCUT2D eigenvalue weighted by atomic mass is 15.2. The van der Waals surface area contributed by atoms with Crippen LogP contribution in [0.15, 0.2) is 18.2 Å². The third kappa shape index (κ3) is 2.69. The van der Waals surface area contributed by atoms with Crippen LogP contribution in [0.4, 0.5) is 0 Å². The predicted octanol–water partition coefficient (Wildman–Crippen LogP) is 1.47. The van der Waals surface area contributed by atoms with E-state index in [1.165, 1.54) is 42.4 Å². The van der Waals surface area contributed by atoms with Crippen LogP contribution in [-0.2, 0) is 12.8 Å². The van der Waals surface area contributed by atoms with Gasteiger partial charge in [-0.3, -0.25) is 4.90 Å². The van der Waals surface area contributed by atoms with E-state index in [-0.39, 0.29) is 6.04 Å². The van der Waals surface area contributed by atoms with Crippen LogP contribution in [0.25, 0.3) is 0 Å². The summed E-state index contributed by atoms with van der Waals surface area (Å²) in [6.45, 7) is 3.15. The largest absolute Gasteiger partial charge is 0.323 e. The molecule has 0 aromatic heterocycles. The number of benzene rings is 1. The van der Waals surface area contributed by atoms with Crippen LogP contribution in [0.1, 0.15) is 35.6 Å². The van der Waals surface area contributed by atoms with Gasteiger partial charge in [0.25, 0.3) is 0 Å². The Hall–Kier alpha value is -0.900. The summed E-state index contributed by atoms with van der Waals surface area (Å²) in [5, 5.41) is 3.46. The SMILES string of the molecule is CN1CCNCC1C(N)c1ccc2c(c1)CCCC2. The van der Waals surface area contributed by atoms with Crippen molar-refractivity contribution < 1.29 is 0 Å². The number of rotatable bonds is 2. The number of hydrogen-bond donors (Lipinski definition) is 2. The van der Waals surface area contributed by atoms with Gasteiger partial charge in [-0.05, 0) is 49.4 Å². The number of nitrogens with one attached hydrogen (secondary N) is 1. The van der Waals surface area contributed by atoms with Crippen molar-refractivity contribution in [3.05, 3.63) is 34.9 Å². The molecule has 0 radical (unpaired) electrons. The van der Waals surface area contributed by atoms with Crippen molar-refractivity contribution in [2.75, 3.05) is 26.7 Å². The monoisotopic (exact) mass is 259 g/mol. The van der Waals surface area contributed by atoms with Gasteiger partial charge in [-0.2, -0.15) is 0 Å². The average Bonchev–Trinajstić information content (AvgIpc) is 2.46. The van der Waals surface area contributed by atoms with Gasteiger partial charge in [0.05, 0.1) is 0 Å². The van der Waals surface area contributed by atoms with E-state index in [4.69, 9.17) is 5.73 Å². The van der Waals surface area contributed by atoms with Crippen LogP contribution in [0.3, 0.4) is 0 Å². The summed E-state index contributed by atoms with van der Waals surface area (Å²) in [5.41, 5.74) is 10.9. The number of fused-ring (bicyclic) bond motifs is 1. The molecular weight excluding hydrogens is 234 g/mol. The van der Waals surface area contributed by atoms with E-state index in [2.05, 4.69) is 35.5 Å². The molecule has 1 saturated heterocycles. The molecule has 0 saturated carbocycles. The van der Waals surface area contributed by atoms with E-state index >= 15 is 0 Å². The molecule has 3 heteroatoms. The zero-order chi connectivity index (χ0) is 13.2. The van der Waals surface area contributed by atoms with E-state index in [0.717, 1.165) is 19.6 Å². The van der Waals surface area contributed by atoms with Crippen molar-refractivity contribution in [2.45, 2.75) is 37.8 Å². The maximum atomic E-state index is 6.51. The summed E-state index contributed by atoms with van der Waals surface area (Å²) in [6.07, 6.45) is 5.15. The van der Waals surface area contributed by atoms with Gasteiger partial charge >= 0.3 is 0 Å². The predicted molar refractivity (Wildman–Crippen MR) is 79.3 cm³/mol. The van der Waals surface area contributed by atoms with E-state index in [0.29, 0.717) is 6.04 Å². The summed E-state index contributed by atoms with van der Waals surface area (Å²) in [6, 6.07) is 7.44. The van der Waals surface area contributed by atoms with Crippen molar-refractivity contribution >= 4 is 0 Å². The Balaban J connectivity index is 1.80. The molecule has 1 aromatic carbocycles. The smallest absolute Gasteiger partial charge is 0.0465 e. The molecule has 0 spiro atoms. The highest BCUT2D eigenvalue weighted by molar-refractivity contribution is 5.35. The fraction of sp³-hybridized carbons (Fsp3) is 0.625. The van der Waals surface area contributed by atoms with Gasteiger partial charge in [0.15, 0.2) is 0 Å². The lowest BCUT2D eigenvalue weighted by Gasteiger charge is -2.37. The Morgan fingerprint density at radius 2 is 2.05 bits per heavy atom. The number of aryl methyl sites for hydroxylation is 2. The topological polar surface area (TPSA) is 41.3 Å². The van der Waals surface area contributed by atoms with Gasteiger partial charge in [0.2, 0.25) is 0 Å². The minimum absolute atomic E-state index is 0.116. The average molecular weight is 259 g/mol. The summed E-state index contributed by atoms with van der Waals surface area (Å²) in [5.74, 6) is 0. The molecule has 0 bridgehead atoms. The molecule has 2 atom stereocenters. The highest BCUT2D eigenvalue weighted by Crippen LogP contribution is 2.26. The molecule has 1 fully saturated rings. The van der Waals surface area contributed by atoms with Crippen LogP contribution in [0, 0.1) is 0 Å². The van der Waals surface area contributed by atoms with Crippen LogP contribution in [-0.4, -0.2) is 37.6 Å². The minimum Gasteiger partial charge on any atom is -0.323 e. The number of piperazine rings is 1. The molecule has 3 N–H and O–H groups in total. The zero-order valence-corrected chi connectivity index (χ0v) is 11.9. The van der Waals surface area contributed by atoms with Gasteiger partial charge in [-0.15, -0.1) is 0 Å². The number of nitrogens with zero attached hydrogens (tertiary/aromatic N) is 1. The zero-order valence-electron chi connectivity index (χ0n) is 11.9. The van der Waals surface area contributed by atoms with Gasteiger partial charge < -0.3 is 11.1 Å². The van der Waals surface area contributed by atoms with Gasteiger partial charge in [0.1, 0.15) is 0 Å². The second-order valence-electron chi connectivity index (χ2n) is 6.01. The molecular formula is C16H25N3. The lowest BCUT2D eigenvalue weighted by atomic mass is 9.87. The summed E-state index contributed by atoms with van der Waals surface area (Å²) >= 11 is 0. The molecule has 19 heavy (non-hydrogen) atoms. The molecule has 3 rings (SSSR count). The van der Waals surface area contributed by atoms with Crippen LogP contribution in [0.5, 0.6) is 0 Å². The molecule has 1 aromatic rings. The Labute approximate surface area is 116 Å². The van der Waals surface area contributed by atoms with Crippen molar-refractivity contribution in [1.82, 2.24) is 10.2 Å². The Morgan fingerprint density at radius 1 is 1.26 bits per heavy atom. The molecule has 104 valence electrons. The van der Waals surface area contributed by atoms with Gasteiger partial charge in [0, 0.05) is 31.7 Å². The van der Waals surface area contributed by atoms with Gasteiger partial charge in [-0.25, -0.2) is 0 Å². The second kappa shape index (κ2) is 5.61. The Morgan fingerprint density at radius 3 is 2.84 bits per heavy atom. The fourth-order valence-corrected chi connectivity index (χ4v) is 3.41. The third-order valence-corrected chi connectivity index (χ3v) is 4.73. The normalized spacial score (nSPS) is 25.9. The summed E-state index contributed by atoms with van der Waals surface area (Å²) < 4.78 is 0. The summed E-state index contributed by atoms with van der Waals surface area (Å²) in [4.78, 5) is 2.39. The number of hydrogen-bond acceptors (Lipinski definition) is 3. The molecule has 1 heterocycles. The first-order valence-corrected chi connectivity index (χ1v) is 7.54. The molecule has 1 aliphatic carbocycles. The number of nitrogens with two attached hydrogens (primary N) is 1. The lowest BCUT2D eigenvalue weighted by molar-refractivity contribution is 0.174. The third-order valence-electron chi connectivity index (χ3n) is 4.73. The number of likely N-dealkylation sites (N-methyl/N-ethyl adjacent to an activating group) is 1. The van der Waals surface area contributed by atoms with Crippen LogP contribution in [0.2, 0.25) is 0 Å². The first kappa shape index (κ1) is 13.1. The summed E-state index contributed by atoms with van der Waals surface area (Å²) in [7, 11) is 2.18. The quantitative estimate of drug-likeness (QED) is 0.845. The van der Waals surface area contributed by atoms with Crippen molar-refractivity contribution in [3.8, 4) is 0 Å². The lowest BCUT2D eigenvalue weighted by Crippen LogP contribution is -2.53. The standard InChI is InChI=1S/C16H25N3/c1-19-9-8-18-11-15(19)16(17)14-7-6-12-4-2-3-5-13(12)10-14/h6-7,10,15-16,18H,2-5,8-9,11,17H2,1H3. The maximum absolute atomic E-state index is 6.51. The molecule has 3 nitrogen and oxygen atoms in total. The second-order valence-corrected chi connectivity index (χ2v) is 6.01. The molecule has 0 amide bonds. The van der Waals surface area contributed by atoms with Crippen LogP contribution < -0.4 is 11.1 Å². The van der Waals surface area contributed by atoms with E-state index < -0.39 is 0 Å². The first-order chi connectivity index (χ1) is 9.25. The van der Waals surface area contributed by atoms with E-state index in [1.54, 1.807) is 0 Å². The minimum atomic E-state index is 0.116. The first-order valence-electron chi connectivity index (χ1n) is 7.54. The van der Waals surface area contributed by atoms with E-state index in [9.17, 15) is 0 Å². The Kier molecular flexibility index (Phi) is 3.87. The van der Waals surface area contributed by atoms with Crippen molar-refractivity contribution in [1.29, 1.82) is 0 Å². The van der Waals surface area contributed by atoms with Gasteiger partial charge in [-0.1, -0.05) is 18.2 Å². The molecule has 1 aliphatic heterocycles. The van der Waals surface area contributed by atoms with Crippen LogP contribution >= 0.6 is 0 Å².